The van der Waals surface area contributed by atoms with Crippen molar-refractivity contribution in [2.75, 3.05) is 7.05 Å². The largest absolute Gasteiger partial charge is 0.316 e. The molecule has 0 spiro atoms. The number of hydrogen-bond donors (Lipinski definition) is 1. The molecule has 94 valence electrons. The average Bonchev–Trinajstić information content (AvgIpc) is 2.32. The van der Waals surface area contributed by atoms with Crippen molar-refractivity contribution in [2.24, 2.45) is 5.41 Å². The van der Waals surface area contributed by atoms with E-state index in [4.69, 9.17) is 0 Å². The van der Waals surface area contributed by atoms with Gasteiger partial charge in [0.2, 0.25) is 0 Å². The van der Waals surface area contributed by atoms with E-state index in [-0.39, 0.29) is 11.2 Å². The predicted octanol–water partition coefficient (Wildman–Crippen LogP) is 4.08. The first-order valence-electron chi connectivity index (χ1n) is 6.15. The Labute approximate surface area is 111 Å². The Morgan fingerprint density at radius 1 is 1.53 bits per heavy atom. The summed E-state index contributed by atoms with van der Waals surface area (Å²) >= 11 is 3.27. The van der Waals surface area contributed by atoms with Crippen molar-refractivity contribution in [3.8, 4) is 0 Å². The molecule has 0 saturated heterocycles. The van der Waals surface area contributed by atoms with Crippen molar-refractivity contribution in [3.05, 3.63) is 34.1 Å². The summed E-state index contributed by atoms with van der Waals surface area (Å²) in [5, 5.41) is 3.38. The van der Waals surface area contributed by atoms with Gasteiger partial charge < -0.3 is 5.32 Å². The van der Waals surface area contributed by atoms with Crippen LogP contribution in [0.25, 0.3) is 0 Å². The lowest BCUT2D eigenvalue weighted by molar-refractivity contribution is 0.0494. The Hall–Kier alpha value is -0.410. The summed E-state index contributed by atoms with van der Waals surface area (Å²) in [5.41, 5.74) is 1.53. The molecule has 2 rings (SSSR count). The molecular formula is C14H19BrFN. The number of hydrogen-bond acceptors (Lipinski definition) is 1. The number of halogens is 2. The van der Waals surface area contributed by atoms with Crippen LogP contribution in [0.1, 0.15) is 38.2 Å². The van der Waals surface area contributed by atoms with Gasteiger partial charge in [-0.25, -0.2) is 4.39 Å². The number of rotatable bonds is 3. The molecule has 0 heterocycles. The maximum Gasteiger partial charge on any atom is 0.137 e. The van der Waals surface area contributed by atoms with Gasteiger partial charge in [-0.1, -0.05) is 19.9 Å². The summed E-state index contributed by atoms with van der Waals surface area (Å²) < 4.78 is 13.8. The van der Waals surface area contributed by atoms with E-state index in [2.05, 4.69) is 35.1 Å². The molecule has 1 aromatic rings. The Kier molecular flexibility index (Phi) is 3.60. The number of nitrogens with one attached hydrogen (secondary N) is 1. The first kappa shape index (κ1) is 13.0. The van der Waals surface area contributed by atoms with Crippen LogP contribution in [-0.4, -0.2) is 13.1 Å². The topological polar surface area (TPSA) is 12.0 Å². The molecule has 3 unspecified atom stereocenters. The van der Waals surface area contributed by atoms with Crippen LogP contribution in [0.15, 0.2) is 22.7 Å². The molecule has 1 aliphatic carbocycles. The summed E-state index contributed by atoms with van der Waals surface area (Å²) in [6, 6.07) is 5.98. The monoisotopic (exact) mass is 299 g/mol. The first-order valence-corrected chi connectivity index (χ1v) is 6.94. The molecule has 1 aliphatic rings. The smallest absolute Gasteiger partial charge is 0.137 e. The van der Waals surface area contributed by atoms with Crippen molar-refractivity contribution >= 4 is 15.9 Å². The SMILES string of the molecule is CCC1(C)C(NC)CC1c1ccc(F)c(Br)c1. The molecule has 0 bridgehead atoms. The standard InChI is InChI=1S/C14H19BrFN/c1-4-14(2)10(8-13(14)17-3)9-5-6-12(16)11(15)7-9/h5-7,10,13,17H,4,8H2,1-3H3. The van der Waals surface area contributed by atoms with Crippen LogP contribution < -0.4 is 5.32 Å². The van der Waals surface area contributed by atoms with Gasteiger partial charge in [-0.3, -0.25) is 0 Å². The molecule has 0 amide bonds. The number of benzene rings is 1. The molecule has 1 fully saturated rings. The lowest BCUT2D eigenvalue weighted by Gasteiger charge is -2.54. The second kappa shape index (κ2) is 4.69. The summed E-state index contributed by atoms with van der Waals surface area (Å²) in [6.45, 7) is 4.55. The molecule has 1 nitrogen and oxygen atoms in total. The zero-order valence-corrected chi connectivity index (χ0v) is 12.1. The highest BCUT2D eigenvalue weighted by atomic mass is 79.9. The van der Waals surface area contributed by atoms with E-state index >= 15 is 0 Å². The molecule has 1 N–H and O–H groups in total. The summed E-state index contributed by atoms with van der Waals surface area (Å²) in [7, 11) is 2.02. The molecular weight excluding hydrogens is 281 g/mol. The van der Waals surface area contributed by atoms with Gasteiger partial charge in [0.25, 0.3) is 0 Å². The fourth-order valence-electron chi connectivity index (χ4n) is 3.04. The molecule has 0 aliphatic heterocycles. The van der Waals surface area contributed by atoms with Gasteiger partial charge in [-0.15, -0.1) is 0 Å². The van der Waals surface area contributed by atoms with E-state index in [9.17, 15) is 4.39 Å². The van der Waals surface area contributed by atoms with Crippen molar-refractivity contribution in [2.45, 2.75) is 38.6 Å². The minimum atomic E-state index is -0.184. The van der Waals surface area contributed by atoms with Gasteiger partial charge in [0.05, 0.1) is 4.47 Å². The van der Waals surface area contributed by atoms with Crippen LogP contribution >= 0.6 is 15.9 Å². The zero-order chi connectivity index (χ0) is 12.6. The third kappa shape index (κ3) is 2.04. The normalized spacial score (nSPS) is 32.3. The van der Waals surface area contributed by atoms with Gasteiger partial charge in [-0.2, -0.15) is 0 Å². The highest BCUT2D eigenvalue weighted by Crippen LogP contribution is 2.54. The second-order valence-electron chi connectivity index (χ2n) is 5.16. The highest BCUT2D eigenvalue weighted by molar-refractivity contribution is 9.10. The van der Waals surface area contributed by atoms with Crippen LogP contribution in [0.5, 0.6) is 0 Å². The average molecular weight is 300 g/mol. The van der Waals surface area contributed by atoms with E-state index in [1.165, 1.54) is 5.56 Å². The predicted molar refractivity (Wildman–Crippen MR) is 72.7 cm³/mol. The Balaban J connectivity index is 2.27. The molecule has 1 aromatic carbocycles. The molecule has 17 heavy (non-hydrogen) atoms. The van der Waals surface area contributed by atoms with Crippen LogP contribution in [-0.2, 0) is 0 Å². The van der Waals surface area contributed by atoms with Crippen molar-refractivity contribution < 1.29 is 4.39 Å². The fraction of sp³-hybridized carbons (Fsp3) is 0.571. The summed E-state index contributed by atoms with van der Waals surface area (Å²) in [6.07, 6.45) is 2.27. The lowest BCUT2D eigenvalue weighted by Crippen LogP contribution is -2.55. The highest BCUT2D eigenvalue weighted by Gasteiger charge is 2.49. The molecule has 1 saturated carbocycles. The van der Waals surface area contributed by atoms with Crippen LogP contribution in [0.4, 0.5) is 4.39 Å². The fourth-order valence-corrected chi connectivity index (χ4v) is 3.44. The van der Waals surface area contributed by atoms with E-state index < -0.39 is 0 Å². The van der Waals surface area contributed by atoms with Crippen LogP contribution in [0.2, 0.25) is 0 Å². The third-order valence-electron chi connectivity index (χ3n) is 4.52. The summed E-state index contributed by atoms with van der Waals surface area (Å²) in [5.74, 6) is 0.346. The molecule has 0 aromatic heterocycles. The van der Waals surface area contributed by atoms with E-state index in [0.717, 1.165) is 12.8 Å². The Bertz CT molecular complexity index is 421. The minimum Gasteiger partial charge on any atom is -0.316 e. The van der Waals surface area contributed by atoms with Gasteiger partial charge in [0, 0.05) is 6.04 Å². The second-order valence-corrected chi connectivity index (χ2v) is 6.02. The van der Waals surface area contributed by atoms with Gasteiger partial charge in [0.1, 0.15) is 5.82 Å². The maximum atomic E-state index is 13.2. The van der Waals surface area contributed by atoms with E-state index in [0.29, 0.717) is 16.4 Å². The van der Waals surface area contributed by atoms with Gasteiger partial charge in [-0.05, 0) is 64.8 Å². The zero-order valence-electron chi connectivity index (χ0n) is 10.6. The maximum absolute atomic E-state index is 13.2. The Morgan fingerprint density at radius 2 is 2.24 bits per heavy atom. The molecule has 3 atom stereocenters. The Morgan fingerprint density at radius 3 is 2.76 bits per heavy atom. The quantitative estimate of drug-likeness (QED) is 0.887. The third-order valence-corrected chi connectivity index (χ3v) is 5.13. The minimum absolute atomic E-state index is 0.184. The molecule has 3 heteroatoms. The lowest BCUT2D eigenvalue weighted by atomic mass is 9.54. The van der Waals surface area contributed by atoms with E-state index in [1.807, 2.05) is 19.2 Å². The first-order chi connectivity index (χ1) is 8.02. The van der Waals surface area contributed by atoms with Crippen molar-refractivity contribution in [1.82, 2.24) is 5.32 Å². The van der Waals surface area contributed by atoms with Crippen LogP contribution in [0.3, 0.4) is 0 Å². The molecule has 0 radical (unpaired) electrons. The van der Waals surface area contributed by atoms with Gasteiger partial charge >= 0.3 is 0 Å². The van der Waals surface area contributed by atoms with Crippen LogP contribution in [0, 0.1) is 11.2 Å². The van der Waals surface area contributed by atoms with Crippen molar-refractivity contribution in [3.63, 3.8) is 0 Å². The van der Waals surface area contributed by atoms with Crippen molar-refractivity contribution in [1.29, 1.82) is 0 Å². The van der Waals surface area contributed by atoms with Gasteiger partial charge in [0.15, 0.2) is 0 Å². The summed E-state index contributed by atoms with van der Waals surface area (Å²) in [4.78, 5) is 0. The van der Waals surface area contributed by atoms with E-state index in [1.54, 1.807) is 6.07 Å².